The maximum Gasteiger partial charge on any atom is 0.0726 e. The van der Waals surface area contributed by atoms with Gasteiger partial charge in [-0.3, -0.25) is 0 Å². The van der Waals surface area contributed by atoms with Crippen molar-refractivity contribution in [2.45, 2.75) is 49.4 Å². The molecule has 0 aliphatic heterocycles. The third kappa shape index (κ3) is 12.6. The van der Waals surface area contributed by atoms with Gasteiger partial charge in [-0.05, 0) is 304 Å². The second-order valence-electron chi connectivity index (χ2n) is 40.4. The van der Waals surface area contributed by atoms with Crippen molar-refractivity contribution in [3.05, 3.63) is 569 Å². The van der Waals surface area contributed by atoms with Crippen LogP contribution in [0, 0.1) is 0 Å². The van der Waals surface area contributed by atoms with Gasteiger partial charge in [-0.15, -0.1) is 0 Å². The molecule has 6 aliphatic rings. The molecule has 30 rings (SSSR count). The van der Waals surface area contributed by atoms with Crippen LogP contribution in [0.3, 0.4) is 0 Å². The maximum atomic E-state index is 4.03. The van der Waals surface area contributed by atoms with Crippen LogP contribution < -0.4 is 10.2 Å². The van der Waals surface area contributed by atoms with Gasteiger partial charge in [0.2, 0.25) is 0 Å². The minimum atomic E-state index is -0.519. The van der Waals surface area contributed by atoms with Crippen molar-refractivity contribution in [3.8, 4) is 111 Å². The molecule has 24 aromatic rings. The van der Waals surface area contributed by atoms with Crippen LogP contribution >= 0.6 is 15.9 Å². The smallest absolute Gasteiger partial charge is 0.0726 e. The molecule has 0 saturated heterocycles. The molecule has 0 bridgehead atoms. The summed E-state index contributed by atoms with van der Waals surface area (Å²) in [4.78, 5) is 2.59. The van der Waals surface area contributed by atoms with E-state index in [0.29, 0.717) is 0 Å². The van der Waals surface area contributed by atoms with Crippen LogP contribution in [0.1, 0.15) is 94.5 Å². The zero-order chi connectivity index (χ0) is 95.1. The largest absolute Gasteiger partial charge is 0.355 e. The van der Waals surface area contributed by atoms with Crippen LogP contribution in [0.25, 0.3) is 176 Å². The van der Waals surface area contributed by atoms with Crippen LogP contribution in [-0.4, -0.2) is 0 Å². The van der Waals surface area contributed by atoms with Crippen LogP contribution in [-0.2, 0) is 21.7 Å². The van der Waals surface area contributed by atoms with Gasteiger partial charge in [-0.2, -0.15) is 0 Å². The molecule has 2 spiro atoms. The predicted octanol–water partition coefficient (Wildman–Crippen LogP) is 37.9. The van der Waals surface area contributed by atoms with Gasteiger partial charge < -0.3 is 10.2 Å². The summed E-state index contributed by atoms with van der Waals surface area (Å²) >= 11 is 3.56. The molecule has 0 atom stereocenters. The Morgan fingerprint density at radius 1 is 0.175 bits per heavy atom. The lowest BCUT2D eigenvalue weighted by Gasteiger charge is -2.34. The second kappa shape index (κ2) is 32.5. The van der Waals surface area contributed by atoms with Crippen LogP contribution in [0.15, 0.2) is 502 Å². The zero-order valence-electron chi connectivity index (χ0n) is 79.7. The van der Waals surface area contributed by atoms with Gasteiger partial charge in [0.15, 0.2) is 0 Å². The summed E-state index contributed by atoms with van der Waals surface area (Å²) in [5, 5.41) is 19.2. The molecular formula is C140H95BrN2. The lowest BCUT2D eigenvalue weighted by atomic mass is 9.70. The summed E-state index contributed by atoms with van der Waals surface area (Å²) < 4.78 is 1.16. The Hall–Kier alpha value is -17.1. The van der Waals surface area contributed by atoms with Gasteiger partial charge in [-0.1, -0.05) is 468 Å². The van der Waals surface area contributed by atoms with E-state index in [9.17, 15) is 0 Å². The van der Waals surface area contributed by atoms with E-state index >= 15 is 0 Å². The first-order chi connectivity index (χ1) is 70.4. The Morgan fingerprint density at radius 2 is 0.455 bits per heavy atom. The van der Waals surface area contributed by atoms with Crippen molar-refractivity contribution >= 4 is 109 Å². The molecule has 0 unspecified atom stereocenters. The normalized spacial score (nSPS) is 13.9. The van der Waals surface area contributed by atoms with E-state index in [4.69, 9.17) is 0 Å². The highest BCUT2D eigenvalue weighted by Gasteiger charge is 2.54. The summed E-state index contributed by atoms with van der Waals surface area (Å²) in [5.74, 6) is 0. The highest BCUT2D eigenvalue weighted by atomic mass is 79.9. The third-order valence-electron chi connectivity index (χ3n) is 32.5. The van der Waals surface area contributed by atoms with Crippen molar-refractivity contribution in [2.24, 2.45) is 0 Å². The minimum Gasteiger partial charge on any atom is -0.355 e. The molecule has 3 heteroatoms. The number of nitrogens with one attached hydrogen (secondary N) is 1. The lowest BCUT2D eigenvalue weighted by molar-refractivity contribution is 0.660. The number of fused-ring (bicyclic) bond motifs is 38. The molecule has 1 N–H and O–H groups in total. The van der Waals surface area contributed by atoms with E-state index in [-0.39, 0.29) is 10.8 Å². The highest BCUT2D eigenvalue weighted by molar-refractivity contribution is 9.10. The average molecular weight is 1890 g/mol. The predicted molar refractivity (Wildman–Crippen MR) is 606 cm³/mol. The first-order valence-electron chi connectivity index (χ1n) is 50.0. The lowest BCUT2D eigenvalue weighted by Crippen LogP contribution is -2.26. The van der Waals surface area contributed by atoms with E-state index in [1.165, 1.54) is 243 Å². The Bertz CT molecular complexity index is 9290. The molecule has 24 aromatic carbocycles. The number of benzene rings is 24. The first-order valence-corrected chi connectivity index (χ1v) is 50.8. The monoisotopic (exact) mass is 1880 g/mol. The Labute approximate surface area is 842 Å². The van der Waals surface area contributed by atoms with Crippen molar-refractivity contribution in [2.75, 3.05) is 10.2 Å². The molecule has 0 radical (unpaired) electrons. The number of anilines is 5. The molecule has 6 aliphatic carbocycles. The van der Waals surface area contributed by atoms with Gasteiger partial charge in [0, 0.05) is 49.2 Å². The number of rotatable bonds is 9. The fraction of sp³-hybridized carbons (Fsp3) is 0.0571. The highest BCUT2D eigenvalue weighted by Crippen LogP contribution is 2.67. The topological polar surface area (TPSA) is 15.3 Å². The fourth-order valence-corrected chi connectivity index (χ4v) is 26.4. The quantitative estimate of drug-likeness (QED) is 0.145. The Morgan fingerprint density at radius 3 is 0.874 bits per heavy atom. The summed E-state index contributed by atoms with van der Waals surface area (Å²) in [6, 6.07) is 186. The standard InChI is InChI=1S/C70H47N.C55H35N.C15H13Br/c1-69(2)62-28-14-10-24-54(62)58-39-37-48(41-66(58)69)71(47-36-38-53-51-22-7-6-20-49(51)50-21-8-9-23-52(50)60(53)40-47)68-43-67-61(42-59(68)46-34-32-45(33-35-46)44-18-4-3-5-19-44)57-27-13-17-31-65(57)70(67)63-29-15-11-25-55(63)56-26-12-16-30-64(56)70;1-2-14-35(15-3-1)36-26-28-37(29-27-36)47-33-49-46-22-10-13-25-52(46)55(50-23-11-8-20-44(50)45-21-9-12-24-51(45)55)53(49)34-54(47)56-38-30-31-43-41-18-5-4-16-39(41)40-17-6-7-19-42(40)48(43)32-38;1-15(2)13-6-4-3-5-11(13)12-8-7-10(16)9-14(12)15/h3-43H,1-2H3;1-34,56H;3-9H,1-2H3. The maximum absolute atomic E-state index is 4.03. The summed E-state index contributed by atoms with van der Waals surface area (Å²) in [6.07, 6.45) is 0. The molecule has 0 aromatic heterocycles. The van der Waals surface area contributed by atoms with Crippen LogP contribution in [0.5, 0.6) is 0 Å². The number of halogens is 1. The Balaban J connectivity index is 0.000000123. The molecule has 0 fully saturated rings. The van der Waals surface area contributed by atoms with Gasteiger partial charge in [0.1, 0.15) is 0 Å². The molecule has 0 amide bonds. The summed E-state index contributed by atoms with van der Waals surface area (Å²) in [5.41, 5.74) is 46.1. The number of hydrogen-bond donors (Lipinski definition) is 1. The van der Waals surface area contributed by atoms with E-state index in [2.05, 4.69) is 551 Å². The van der Waals surface area contributed by atoms with Crippen molar-refractivity contribution in [1.29, 1.82) is 0 Å². The number of hydrogen-bond acceptors (Lipinski definition) is 2. The molecule has 0 saturated carbocycles. The van der Waals surface area contributed by atoms with Crippen LogP contribution in [0.2, 0.25) is 0 Å². The minimum absolute atomic E-state index is 0.121. The second-order valence-corrected chi connectivity index (χ2v) is 41.3. The summed E-state index contributed by atoms with van der Waals surface area (Å²) in [6.45, 7) is 9.38. The molecule has 2 nitrogen and oxygen atoms in total. The van der Waals surface area contributed by atoms with E-state index in [1.807, 2.05) is 0 Å². The van der Waals surface area contributed by atoms with Crippen LogP contribution in [0.4, 0.5) is 28.4 Å². The van der Waals surface area contributed by atoms with Gasteiger partial charge in [0.25, 0.3) is 0 Å². The number of nitrogens with zero attached hydrogens (tertiary/aromatic N) is 1. The summed E-state index contributed by atoms with van der Waals surface area (Å²) in [7, 11) is 0. The molecule has 143 heavy (non-hydrogen) atoms. The molecular weight excluding hydrogens is 1790 g/mol. The van der Waals surface area contributed by atoms with Crippen molar-refractivity contribution < 1.29 is 0 Å². The van der Waals surface area contributed by atoms with Gasteiger partial charge in [-0.25, -0.2) is 0 Å². The van der Waals surface area contributed by atoms with Gasteiger partial charge in [0.05, 0.1) is 16.5 Å². The first kappa shape index (κ1) is 84.0. The Kier molecular flexibility index (Phi) is 19.1. The molecule has 672 valence electrons. The van der Waals surface area contributed by atoms with Gasteiger partial charge >= 0.3 is 0 Å². The zero-order valence-corrected chi connectivity index (χ0v) is 81.3. The van der Waals surface area contributed by atoms with Crippen molar-refractivity contribution in [1.82, 2.24) is 0 Å². The average Bonchev–Trinajstić information content (AvgIpc) is 1.51. The third-order valence-corrected chi connectivity index (χ3v) is 33.0. The fourth-order valence-electron chi connectivity index (χ4n) is 26.1. The van der Waals surface area contributed by atoms with Crippen molar-refractivity contribution in [3.63, 3.8) is 0 Å². The molecule has 0 heterocycles. The van der Waals surface area contributed by atoms with E-state index < -0.39 is 10.8 Å². The SMILES string of the molecule is CC1(C)c2ccccc2-c2ccc(Br)cc21.CC1(C)c2ccccc2-c2ccc(N(c3ccc4c5ccccc5c5ccccc5c4c3)c3cc4c(cc3-c3ccc(-c5ccccc5)cc3)-c3ccccc3C43c4ccccc4-c4ccccc43)cc21.c1ccc(-c2ccc(-c3cc4c(cc3Nc3ccc5c6ccccc6c6ccccc6c5c3)C3(c5ccccc5-c5ccccc53)c3ccccc3-4)cc2)cc1. The van der Waals surface area contributed by atoms with E-state index in [1.54, 1.807) is 0 Å². The van der Waals surface area contributed by atoms with E-state index in [0.717, 1.165) is 32.9 Å².